The van der Waals surface area contributed by atoms with Crippen molar-refractivity contribution in [2.75, 3.05) is 39.6 Å². The molecule has 0 aliphatic carbocycles. The fourth-order valence-corrected chi connectivity index (χ4v) is 16.1. The lowest BCUT2D eigenvalue weighted by molar-refractivity contribution is 0.234. The second-order valence-electron chi connectivity index (χ2n) is 31.2. The van der Waals surface area contributed by atoms with Gasteiger partial charge in [-0.2, -0.15) is 0 Å². The van der Waals surface area contributed by atoms with Crippen LogP contribution in [-0.2, 0) is 0 Å². The number of ether oxygens (including phenoxy) is 6. The van der Waals surface area contributed by atoms with E-state index in [1.54, 1.807) is 22.7 Å². The van der Waals surface area contributed by atoms with Crippen molar-refractivity contribution >= 4 is 22.7 Å². The van der Waals surface area contributed by atoms with Gasteiger partial charge < -0.3 is 28.4 Å². The standard InChI is InChI=1S/C94H158N4O6S2/c1-7-13-19-25-31-37-43-49-55-61-70-99-85-77-83(78-86(100-71-62-56-50-44-38-32-26-20-14-8-2)89(85)103-74-65-59-53-47-41-35-29-23-17-11-5)93-97-95-91(105-93)81-68-67-69-82(76-81)92-96-98-94(106-92)84-79-87(101-72-63-57-51-45-39-33-27-21-15-9-3)90(104-75-66-60-54-48-42-36-30-24-18-12-6)88(80-84)102-73-64-58-52-46-40-34-28-22-16-10-4/h67-69,76-80H,7-66,70-75H2,1-6H3. The summed E-state index contributed by atoms with van der Waals surface area (Å²) >= 11 is 3.20. The number of rotatable bonds is 76. The summed E-state index contributed by atoms with van der Waals surface area (Å²) in [6.45, 7) is 17.6. The summed E-state index contributed by atoms with van der Waals surface area (Å²) in [6, 6.07) is 17.1. The van der Waals surface area contributed by atoms with Gasteiger partial charge >= 0.3 is 0 Å². The zero-order valence-corrected chi connectivity index (χ0v) is 71.0. The van der Waals surface area contributed by atoms with Gasteiger partial charge in [0.05, 0.1) is 39.6 Å². The van der Waals surface area contributed by atoms with Crippen molar-refractivity contribution in [1.82, 2.24) is 20.4 Å². The smallest absolute Gasteiger partial charge is 0.203 e. The van der Waals surface area contributed by atoms with E-state index in [2.05, 4.69) is 90.1 Å². The maximum atomic E-state index is 6.84. The molecule has 5 aromatic rings. The van der Waals surface area contributed by atoms with Crippen LogP contribution in [0.3, 0.4) is 0 Å². The minimum Gasteiger partial charge on any atom is -0.490 e. The van der Waals surface area contributed by atoms with Crippen molar-refractivity contribution in [3.05, 3.63) is 48.5 Å². The molecular formula is C94H158N4O6S2. The van der Waals surface area contributed by atoms with Gasteiger partial charge in [0.15, 0.2) is 23.0 Å². The van der Waals surface area contributed by atoms with Crippen LogP contribution in [0.4, 0.5) is 0 Å². The third kappa shape index (κ3) is 43.3. The average molecular weight is 1500 g/mol. The van der Waals surface area contributed by atoms with Crippen LogP contribution in [0.2, 0.25) is 0 Å². The Bertz CT molecular complexity index is 2540. The van der Waals surface area contributed by atoms with Crippen LogP contribution >= 0.6 is 22.7 Å². The van der Waals surface area contributed by atoms with E-state index < -0.39 is 0 Å². The van der Waals surface area contributed by atoms with Crippen LogP contribution in [-0.4, -0.2) is 60.0 Å². The molecule has 5 rings (SSSR count). The predicted octanol–water partition coefficient (Wildman–Crippen LogP) is 31.9. The molecule has 2 aromatic heterocycles. The van der Waals surface area contributed by atoms with Gasteiger partial charge in [0.2, 0.25) is 11.5 Å². The van der Waals surface area contributed by atoms with E-state index in [0.29, 0.717) is 39.6 Å². The molecule has 0 N–H and O–H groups in total. The fraction of sp³-hybridized carbons (Fsp3) is 0.766. The van der Waals surface area contributed by atoms with E-state index in [1.807, 2.05) is 0 Å². The predicted molar refractivity (Wildman–Crippen MR) is 459 cm³/mol. The van der Waals surface area contributed by atoms with E-state index >= 15 is 0 Å². The molecule has 0 fully saturated rings. The van der Waals surface area contributed by atoms with Gasteiger partial charge in [0, 0.05) is 22.3 Å². The Morgan fingerprint density at radius 2 is 0.368 bits per heavy atom. The van der Waals surface area contributed by atoms with Crippen molar-refractivity contribution in [3.8, 4) is 76.8 Å². The highest BCUT2D eigenvalue weighted by Crippen LogP contribution is 2.46. The topological polar surface area (TPSA) is 107 Å². The highest BCUT2D eigenvalue weighted by atomic mass is 32.1. The largest absolute Gasteiger partial charge is 0.490 e. The summed E-state index contributed by atoms with van der Waals surface area (Å²) in [5, 5.41) is 22.9. The number of aromatic nitrogens is 4. The molecule has 0 radical (unpaired) electrons. The van der Waals surface area contributed by atoms with Gasteiger partial charge in [0.1, 0.15) is 20.0 Å². The van der Waals surface area contributed by atoms with Crippen LogP contribution in [0, 0.1) is 0 Å². The summed E-state index contributed by atoms with van der Waals surface area (Å²) < 4.78 is 41.0. The van der Waals surface area contributed by atoms with Crippen LogP contribution in [0.15, 0.2) is 48.5 Å². The SMILES string of the molecule is CCCCCCCCCCCCOc1cc(-c2nnc(-c3cccc(-c4nnc(-c5cc(OCCCCCCCCCCCC)c(OCCCCCCCCCCCC)c(OCCCCCCCCCCCC)c5)s4)c3)s2)cc(OCCCCCCCCCCCC)c1OCCCCCCCCCCCC. The second-order valence-corrected chi connectivity index (χ2v) is 33.1. The minimum absolute atomic E-state index is 0.635. The number of hydrogen-bond donors (Lipinski definition) is 0. The Morgan fingerprint density at radius 1 is 0.198 bits per heavy atom. The van der Waals surface area contributed by atoms with Crippen molar-refractivity contribution < 1.29 is 28.4 Å². The monoisotopic (exact) mass is 1500 g/mol. The quantitative estimate of drug-likeness (QED) is 0.0349. The van der Waals surface area contributed by atoms with Crippen LogP contribution < -0.4 is 28.4 Å². The first-order chi connectivity index (χ1) is 52.5. The van der Waals surface area contributed by atoms with Gasteiger partial charge in [-0.25, -0.2) is 0 Å². The van der Waals surface area contributed by atoms with Crippen LogP contribution in [0.1, 0.15) is 427 Å². The molecule has 0 aliphatic rings. The fourth-order valence-electron chi connectivity index (χ4n) is 14.4. The molecule has 0 saturated heterocycles. The summed E-state index contributed by atoms with van der Waals surface area (Å²) in [7, 11) is 0. The first kappa shape index (κ1) is 92.2. The molecule has 12 heteroatoms. The zero-order chi connectivity index (χ0) is 74.9. The first-order valence-electron chi connectivity index (χ1n) is 45.4. The maximum absolute atomic E-state index is 6.84. The van der Waals surface area contributed by atoms with Gasteiger partial charge in [-0.15, -0.1) is 20.4 Å². The summed E-state index contributed by atoms with van der Waals surface area (Å²) in [4.78, 5) is 0. The zero-order valence-electron chi connectivity index (χ0n) is 69.3. The number of hydrogen-bond acceptors (Lipinski definition) is 12. The Labute approximate surface area is 659 Å². The van der Waals surface area contributed by atoms with E-state index in [0.717, 1.165) is 141 Å². The van der Waals surface area contributed by atoms with Crippen molar-refractivity contribution in [2.24, 2.45) is 0 Å². The van der Waals surface area contributed by atoms with Gasteiger partial charge in [-0.1, -0.05) is 429 Å². The Morgan fingerprint density at radius 3 is 0.566 bits per heavy atom. The third-order valence-electron chi connectivity index (χ3n) is 21.3. The molecular weight excluding hydrogens is 1350 g/mol. The number of nitrogens with zero attached hydrogens (tertiary/aromatic N) is 4. The van der Waals surface area contributed by atoms with Crippen molar-refractivity contribution in [3.63, 3.8) is 0 Å². The Balaban J connectivity index is 1.39. The highest BCUT2D eigenvalue weighted by Gasteiger charge is 2.23. The number of unbranched alkanes of at least 4 members (excludes halogenated alkanes) is 54. The van der Waals surface area contributed by atoms with E-state index in [4.69, 9.17) is 48.8 Å². The molecule has 10 nitrogen and oxygen atoms in total. The van der Waals surface area contributed by atoms with E-state index in [-0.39, 0.29) is 0 Å². The van der Waals surface area contributed by atoms with Gasteiger partial charge in [0.25, 0.3) is 0 Å². The van der Waals surface area contributed by atoms with Crippen molar-refractivity contribution in [1.29, 1.82) is 0 Å². The second kappa shape index (κ2) is 65.3. The molecule has 0 amide bonds. The maximum Gasteiger partial charge on any atom is 0.203 e. The molecule has 0 saturated carbocycles. The highest BCUT2D eigenvalue weighted by molar-refractivity contribution is 7.18. The molecule has 602 valence electrons. The lowest BCUT2D eigenvalue weighted by Crippen LogP contribution is -2.06. The summed E-state index contributed by atoms with van der Waals surface area (Å²) in [5.41, 5.74) is 3.84. The lowest BCUT2D eigenvalue weighted by atomic mass is 10.1. The van der Waals surface area contributed by atoms with E-state index in [9.17, 15) is 0 Å². The molecule has 3 aromatic carbocycles. The molecule has 0 atom stereocenters. The molecule has 0 unspecified atom stereocenters. The van der Waals surface area contributed by atoms with Crippen molar-refractivity contribution in [2.45, 2.75) is 427 Å². The van der Waals surface area contributed by atoms with Gasteiger partial charge in [-0.3, -0.25) is 0 Å². The molecule has 0 bridgehead atoms. The Kier molecular flexibility index (Phi) is 56.8. The molecule has 0 aliphatic heterocycles. The third-order valence-corrected chi connectivity index (χ3v) is 23.3. The van der Waals surface area contributed by atoms with Gasteiger partial charge in [-0.05, 0) is 68.9 Å². The average Bonchev–Trinajstić information content (AvgIpc) is 1.59. The normalized spacial score (nSPS) is 11.5. The Hall–Kier alpha value is -4.42. The van der Waals surface area contributed by atoms with Crippen LogP contribution in [0.25, 0.3) is 42.3 Å². The molecule has 106 heavy (non-hydrogen) atoms. The minimum atomic E-state index is 0.635. The summed E-state index contributed by atoms with van der Waals surface area (Å²) in [5.74, 6) is 4.45. The first-order valence-corrected chi connectivity index (χ1v) is 47.1. The van der Waals surface area contributed by atoms with E-state index in [1.165, 1.54) is 321 Å². The molecule has 2 heterocycles. The number of benzene rings is 3. The molecule has 0 spiro atoms. The summed E-state index contributed by atoms with van der Waals surface area (Å²) in [6.07, 6.45) is 76.9. The lowest BCUT2D eigenvalue weighted by Gasteiger charge is -2.18. The van der Waals surface area contributed by atoms with Crippen LogP contribution in [0.5, 0.6) is 34.5 Å².